The van der Waals surface area contributed by atoms with E-state index in [1.165, 1.54) is 0 Å². The summed E-state index contributed by atoms with van der Waals surface area (Å²) in [7, 11) is 0. The average Bonchev–Trinajstić information content (AvgIpc) is 2.25. The van der Waals surface area contributed by atoms with Gasteiger partial charge in [-0.1, -0.05) is 0 Å². The van der Waals surface area contributed by atoms with Gasteiger partial charge >= 0.3 is 0 Å². The molecule has 1 heterocycles. The van der Waals surface area contributed by atoms with Crippen LogP contribution in [0.3, 0.4) is 0 Å². The zero-order valence-electron chi connectivity index (χ0n) is 8.61. The summed E-state index contributed by atoms with van der Waals surface area (Å²) < 4.78 is 0. The molecule has 0 aromatic carbocycles. The molecule has 1 aromatic heterocycles. The van der Waals surface area contributed by atoms with Crippen molar-refractivity contribution >= 4 is 0 Å². The second-order valence-electron chi connectivity index (χ2n) is 3.30. The maximum absolute atomic E-state index is 5.41. The minimum Gasteiger partial charge on any atom is -0.330 e. The molecule has 4 heteroatoms. The first kappa shape index (κ1) is 11.1. The molecule has 0 spiro atoms. The van der Waals surface area contributed by atoms with E-state index in [1.807, 2.05) is 0 Å². The van der Waals surface area contributed by atoms with Crippen molar-refractivity contribution in [3.63, 3.8) is 0 Å². The normalized spacial score (nSPS) is 12.7. The number of nitrogens with two attached hydrogens (primary N) is 1. The van der Waals surface area contributed by atoms with Gasteiger partial charge in [0.2, 0.25) is 0 Å². The molecule has 0 aliphatic carbocycles. The first-order valence-corrected chi connectivity index (χ1v) is 5.04. The number of rotatable bonds is 6. The highest BCUT2D eigenvalue weighted by atomic mass is 14.9. The van der Waals surface area contributed by atoms with Gasteiger partial charge in [0.25, 0.3) is 0 Å². The van der Waals surface area contributed by atoms with E-state index in [0.29, 0.717) is 0 Å². The van der Waals surface area contributed by atoms with E-state index >= 15 is 0 Å². The SMILES string of the molecule is CC(NCCCCN)c1cnccn1. The van der Waals surface area contributed by atoms with Gasteiger partial charge < -0.3 is 11.1 Å². The van der Waals surface area contributed by atoms with Gasteiger partial charge in [-0.15, -0.1) is 0 Å². The van der Waals surface area contributed by atoms with E-state index in [1.54, 1.807) is 18.6 Å². The fraction of sp³-hybridized carbons (Fsp3) is 0.600. The van der Waals surface area contributed by atoms with Crippen LogP contribution in [0.15, 0.2) is 18.6 Å². The van der Waals surface area contributed by atoms with Gasteiger partial charge in [-0.2, -0.15) is 0 Å². The van der Waals surface area contributed by atoms with E-state index in [9.17, 15) is 0 Å². The van der Waals surface area contributed by atoms with Crippen molar-refractivity contribution in [1.29, 1.82) is 0 Å². The van der Waals surface area contributed by atoms with Gasteiger partial charge in [-0.3, -0.25) is 9.97 Å². The highest BCUT2D eigenvalue weighted by Crippen LogP contribution is 2.05. The first-order valence-electron chi connectivity index (χ1n) is 5.04. The number of aromatic nitrogens is 2. The lowest BCUT2D eigenvalue weighted by Gasteiger charge is -2.11. The number of nitrogens with one attached hydrogen (secondary N) is 1. The monoisotopic (exact) mass is 194 g/mol. The lowest BCUT2D eigenvalue weighted by Crippen LogP contribution is -2.21. The van der Waals surface area contributed by atoms with E-state index in [-0.39, 0.29) is 6.04 Å². The van der Waals surface area contributed by atoms with Crippen LogP contribution in [0.25, 0.3) is 0 Å². The van der Waals surface area contributed by atoms with Crippen molar-refractivity contribution in [2.45, 2.75) is 25.8 Å². The Balaban J connectivity index is 2.25. The maximum atomic E-state index is 5.41. The Labute approximate surface area is 85.0 Å². The number of unbranched alkanes of at least 4 members (excludes halogenated alkanes) is 1. The topological polar surface area (TPSA) is 63.8 Å². The third kappa shape index (κ3) is 3.81. The summed E-state index contributed by atoms with van der Waals surface area (Å²) in [5, 5.41) is 3.38. The predicted molar refractivity (Wildman–Crippen MR) is 56.7 cm³/mol. The third-order valence-electron chi connectivity index (χ3n) is 2.11. The Bertz CT molecular complexity index is 237. The minimum atomic E-state index is 0.265. The molecule has 0 saturated heterocycles. The molecule has 1 unspecified atom stereocenters. The van der Waals surface area contributed by atoms with Crippen LogP contribution in [0.2, 0.25) is 0 Å². The fourth-order valence-corrected chi connectivity index (χ4v) is 1.23. The van der Waals surface area contributed by atoms with Crippen molar-refractivity contribution in [2.75, 3.05) is 13.1 Å². The van der Waals surface area contributed by atoms with Crippen molar-refractivity contribution in [2.24, 2.45) is 5.73 Å². The number of nitrogens with zero attached hydrogens (tertiary/aromatic N) is 2. The largest absolute Gasteiger partial charge is 0.330 e. The maximum Gasteiger partial charge on any atom is 0.0753 e. The van der Waals surface area contributed by atoms with E-state index in [4.69, 9.17) is 5.73 Å². The second-order valence-corrected chi connectivity index (χ2v) is 3.30. The molecule has 0 saturated carbocycles. The van der Waals surface area contributed by atoms with E-state index in [2.05, 4.69) is 22.2 Å². The fourth-order valence-electron chi connectivity index (χ4n) is 1.23. The Morgan fingerprint density at radius 1 is 1.43 bits per heavy atom. The molecule has 1 rings (SSSR count). The Morgan fingerprint density at radius 3 is 2.93 bits per heavy atom. The van der Waals surface area contributed by atoms with Crippen molar-refractivity contribution < 1.29 is 0 Å². The second kappa shape index (κ2) is 6.45. The number of hydrogen-bond donors (Lipinski definition) is 2. The summed E-state index contributed by atoms with van der Waals surface area (Å²) in [6.45, 7) is 3.84. The first-order chi connectivity index (χ1) is 6.84. The van der Waals surface area contributed by atoms with Gasteiger partial charge in [0.05, 0.1) is 5.69 Å². The average molecular weight is 194 g/mol. The summed E-state index contributed by atoms with van der Waals surface area (Å²) in [6, 6.07) is 0.265. The van der Waals surface area contributed by atoms with Gasteiger partial charge in [0, 0.05) is 24.6 Å². The molecular formula is C10H18N4. The number of hydrogen-bond acceptors (Lipinski definition) is 4. The summed E-state index contributed by atoms with van der Waals surface area (Å²) in [5.74, 6) is 0. The molecule has 14 heavy (non-hydrogen) atoms. The van der Waals surface area contributed by atoms with Crippen LogP contribution >= 0.6 is 0 Å². The Morgan fingerprint density at radius 2 is 2.29 bits per heavy atom. The summed E-state index contributed by atoms with van der Waals surface area (Å²) in [5.41, 5.74) is 6.39. The van der Waals surface area contributed by atoms with Crippen LogP contribution in [0, 0.1) is 0 Å². The smallest absolute Gasteiger partial charge is 0.0753 e. The molecule has 78 valence electrons. The zero-order valence-corrected chi connectivity index (χ0v) is 8.61. The van der Waals surface area contributed by atoms with E-state index in [0.717, 1.165) is 31.6 Å². The van der Waals surface area contributed by atoms with Crippen molar-refractivity contribution in [3.8, 4) is 0 Å². The quantitative estimate of drug-likeness (QED) is 0.659. The molecular weight excluding hydrogens is 176 g/mol. The van der Waals surface area contributed by atoms with Gasteiger partial charge in [0.1, 0.15) is 0 Å². The lowest BCUT2D eigenvalue weighted by molar-refractivity contribution is 0.537. The molecule has 3 N–H and O–H groups in total. The lowest BCUT2D eigenvalue weighted by atomic mass is 10.2. The van der Waals surface area contributed by atoms with Crippen molar-refractivity contribution in [3.05, 3.63) is 24.3 Å². The highest BCUT2D eigenvalue weighted by Gasteiger charge is 2.04. The van der Waals surface area contributed by atoms with Crippen LogP contribution in [0.4, 0.5) is 0 Å². The molecule has 0 bridgehead atoms. The van der Waals surface area contributed by atoms with Crippen LogP contribution in [-0.4, -0.2) is 23.1 Å². The van der Waals surface area contributed by atoms with E-state index < -0.39 is 0 Å². The molecule has 0 aliphatic heterocycles. The zero-order chi connectivity index (χ0) is 10.2. The molecule has 0 amide bonds. The van der Waals surface area contributed by atoms with Crippen LogP contribution in [0.5, 0.6) is 0 Å². The van der Waals surface area contributed by atoms with Crippen LogP contribution < -0.4 is 11.1 Å². The Hall–Kier alpha value is -1.00. The summed E-state index contributed by atoms with van der Waals surface area (Å²) >= 11 is 0. The van der Waals surface area contributed by atoms with Crippen LogP contribution in [-0.2, 0) is 0 Å². The predicted octanol–water partition coefficient (Wildman–Crippen LogP) is 0.866. The molecule has 0 aliphatic rings. The Kier molecular flexibility index (Phi) is 5.11. The molecule has 0 radical (unpaired) electrons. The summed E-state index contributed by atoms with van der Waals surface area (Å²) in [4.78, 5) is 8.26. The minimum absolute atomic E-state index is 0.265. The van der Waals surface area contributed by atoms with Crippen LogP contribution in [0.1, 0.15) is 31.5 Å². The molecule has 1 atom stereocenters. The van der Waals surface area contributed by atoms with Gasteiger partial charge in [-0.25, -0.2) is 0 Å². The molecule has 1 aromatic rings. The van der Waals surface area contributed by atoms with Crippen molar-refractivity contribution in [1.82, 2.24) is 15.3 Å². The van der Waals surface area contributed by atoms with Gasteiger partial charge in [0.15, 0.2) is 0 Å². The van der Waals surface area contributed by atoms with Gasteiger partial charge in [-0.05, 0) is 32.9 Å². The third-order valence-corrected chi connectivity index (χ3v) is 2.11. The highest BCUT2D eigenvalue weighted by molar-refractivity contribution is 5.00. The molecule has 0 fully saturated rings. The molecule has 4 nitrogen and oxygen atoms in total. The standard InChI is InChI=1S/C10H18N4/c1-9(13-5-3-2-4-11)10-8-12-6-7-14-10/h6-9,13H,2-5,11H2,1H3. The summed E-state index contributed by atoms with van der Waals surface area (Å²) in [6.07, 6.45) is 7.37.